The lowest BCUT2D eigenvalue weighted by Gasteiger charge is -2.09. The molecule has 0 radical (unpaired) electrons. The number of aromatic nitrogens is 3. The van der Waals surface area contributed by atoms with Crippen LogP contribution in [0.3, 0.4) is 0 Å². The maximum Gasteiger partial charge on any atom is 0.191 e. The standard InChI is InChI=1S/C19H17FN4S/c1-3-24-18(16-7-5-4-6-13(16)2)22-23-19(24)25-12-15-10-14(11-21)8-9-17(15)20/h4-10H,3,12H2,1-2H3. The molecule has 0 saturated carbocycles. The van der Waals surface area contributed by atoms with E-state index in [9.17, 15) is 4.39 Å². The van der Waals surface area contributed by atoms with E-state index in [0.717, 1.165) is 28.7 Å². The Balaban J connectivity index is 1.88. The molecule has 3 aromatic rings. The number of nitrogens with zero attached hydrogens (tertiary/aromatic N) is 4. The smallest absolute Gasteiger partial charge is 0.191 e. The van der Waals surface area contributed by atoms with Crippen LogP contribution in [-0.2, 0) is 12.3 Å². The van der Waals surface area contributed by atoms with Crippen molar-refractivity contribution < 1.29 is 4.39 Å². The second-order valence-corrected chi connectivity index (χ2v) is 6.51. The summed E-state index contributed by atoms with van der Waals surface area (Å²) in [5.41, 5.74) is 3.12. The molecular weight excluding hydrogens is 335 g/mol. The van der Waals surface area contributed by atoms with Gasteiger partial charge in [0.15, 0.2) is 11.0 Å². The Kier molecular flexibility index (Phi) is 5.15. The summed E-state index contributed by atoms with van der Waals surface area (Å²) in [5, 5.41) is 18.3. The molecule has 1 aromatic heterocycles. The van der Waals surface area contributed by atoms with Gasteiger partial charge in [-0.15, -0.1) is 10.2 Å². The van der Waals surface area contributed by atoms with Crippen LogP contribution < -0.4 is 0 Å². The van der Waals surface area contributed by atoms with E-state index in [1.54, 1.807) is 6.07 Å². The van der Waals surface area contributed by atoms with Gasteiger partial charge in [-0.3, -0.25) is 0 Å². The predicted molar refractivity (Wildman–Crippen MR) is 96.5 cm³/mol. The van der Waals surface area contributed by atoms with Crippen molar-refractivity contribution in [2.75, 3.05) is 0 Å². The Bertz CT molecular complexity index is 943. The predicted octanol–water partition coefficient (Wildman–Crippen LogP) is 4.58. The van der Waals surface area contributed by atoms with Gasteiger partial charge in [-0.25, -0.2) is 4.39 Å². The highest BCUT2D eigenvalue weighted by Gasteiger charge is 2.15. The molecule has 2 aromatic carbocycles. The van der Waals surface area contributed by atoms with E-state index in [-0.39, 0.29) is 5.82 Å². The van der Waals surface area contributed by atoms with Crippen LogP contribution in [0.2, 0.25) is 0 Å². The Morgan fingerprint density at radius 2 is 2.00 bits per heavy atom. The van der Waals surface area contributed by atoms with Gasteiger partial charge in [-0.1, -0.05) is 36.0 Å². The average Bonchev–Trinajstić information content (AvgIpc) is 3.04. The van der Waals surface area contributed by atoms with Gasteiger partial charge in [0.25, 0.3) is 0 Å². The summed E-state index contributed by atoms with van der Waals surface area (Å²) in [4.78, 5) is 0. The highest BCUT2D eigenvalue weighted by Crippen LogP contribution is 2.28. The van der Waals surface area contributed by atoms with Crippen molar-refractivity contribution in [3.8, 4) is 17.5 Å². The number of halogens is 1. The highest BCUT2D eigenvalue weighted by molar-refractivity contribution is 7.98. The van der Waals surface area contributed by atoms with E-state index >= 15 is 0 Å². The Morgan fingerprint density at radius 1 is 1.20 bits per heavy atom. The first kappa shape index (κ1) is 17.2. The number of nitriles is 1. The van der Waals surface area contributed by atoms with Gasteiger partial charge in [-0.05, 0) is 43.2 Å². The normalized spacial score (nSPS) is 10.6. The van der Waals surface area contributed by atoms with Gasteiger partial charge in [-0.2, -0.15) is 5.26 Å². The monoisotopic (exact) mass is 352 g/mol. The number of benzene rings is 2. The summed E-state index contributed by atoms with van der Waals surface area (Å²) in [7, 11) is 0. The maximum absolute atomic E-state index is 13.9. The van der Waals surface area contributed by atoms with Crippen molar-refractivity contribution >= 4 is 11.8 Å². The number of hydrogen-bond acceptors (Lipinski definition) is 4. The topological polar surface area (TPSA) is 54.5 Å². The first-order chi connectivity index (χ1) is 12.1. The fourth-order valence-corrected chi connectivity index (χ4v) is 3.58. The molecule has 0 bridgehead atoms. The number of thioether (sulfide) groups is 1. The molecule has 1 heterocycles. The second-order valence-electron chi connectivity index (χ2n) is 5.57. The lowest BCUT2D eigenvalue weighted by Crippen LogP contribution is -2.01. The minimum Gasteiger partial charge on any atom is -0.302 e. The molecule has 0 spiro atoms. The average molecular weight is 352 g/mol. The van der Waals surface area contributed by atoms with E-state index in [0.29, 0.717) is 16.9 Å². The zero-order valence-electron chi connectivity index (χ0n) is 14.0. The van der Waals surface area contributed by atoms with Crippen LogP contribution in [0, 0.1) is 24.1 Å². The van der Waals surface area contributed by atoms with Crippen LogP contribution >= 0.6 is 11.8 Å². The van der Waals surface area contributed by atoms with Crippen LogP contribution in [0.25, 0.3) is 11.4 Å². The molecule has 3 rings (SSSR count). The quantitative estimate of drug-likeness (QED) is 0.631. The zero-order valence-corrected chi connectivity index (χ0v) is 14.8. The molecule has 0 aliphatic rings. The molecular formula is C19H17FN4S. The summed E-state index contributed by atoms with van der Waals surface area (Å²) in [6, 6.07) is 14.5. The van der Waals surface area contributed by atoms with Crippen molar-refractivity contribution in [1.29, 1.82) is 5.26 Å². The van der Waals surface area contributed by atoms with Crippen LogP contribution in [0.4, 0.5) is 4.39 Å². The summed E-state index contributed by atoms with van der Waals surface area (Å²) in [5.74, 6) is 0.898. The molecule has 25 heavy (non-hydrogen) atoms. The number of rotatable bonds is 5. The lowest BCUT2D eigenvalue weighted by molar-refractivity contribution is 0.617. The van der Waals surface area contributed by atoms with Crippen molar-refractivity contribution in [3.63, 3.8) is 0 Å². The lowest BCUT2D eigenvalue weighted by atomic mass is 10.1. The maximum atomic E-state index is 13.9. The van der Waals surface area contributed by atoms with Gasteiger partial charge in [0.05, 0.1) is 11.6 Å². The summed E-state index contributed by atoms with van der Waals surface area (Å²) >= 11 is 1.42. The summed E-state index contributed by atoms with van der Waals surface area (Å²) in [6.45, 7) is 4.80. The first-order valence-corrected chi connectivity index (χ1v) is 8.93. The van der Waals surface area contributed by atoms with E-state index < -0.39 is 0 Å². The Labute approximate surface area is 150 Å². The third kappa shape index (κ3) is 3.57. The van der Waals surface area contributed by atoms with Gasteiger partial charge in [0.1, 0.15) is 5.82 Å². The Morgan fingerprint density at radius 3 is 2.72 bits per heavy atom. The van der Waals surface area contributed by atoms with Crippen molar-refractivity contribution in [1.82, 2.24) is 14.8 Å². The fraction of sp³-hybridized carbons (Fsp3) is 0.211. The van der Waals surface area contributed by atoms with Crippen molar-refractivity contribution in [2.24, 2.45) is 0 Å². The largest absolute Gasteiger partial charge is 0.302 e. The highest BCUT2D eigenvalue weighted by atomic mass is 32.2. The second kappa shape index (κ2) is 7.49. The SMILES string of the molecule is CCn1c(SCc2cc(C#N)ccc2F)nnc1-c1ccccc1C. The third-order valence-corrected chi connectivity index (χ3v) is 4.97. The van der Waals surface area contributed by atoms with E-state index in [1.165, 1.54) is 23.9 Å². The number of aryl methyl sites for hydroxylation is 1. The molecule has 126 valence electrons. The molecule has 4 nitrogen and oxygen atoms in total. The molecule has 0 saturated heterocycles. The van der Waals surface area contributed by atoms with Gasteiger partial charge in [0, 0.05) is 17.9 Å². The van der Waals surface area contributed by atoms with E-state index in [2.05, 4.69) is 10.2 Å². The molecule has 0 fully saturated rings. The summed E-state index contributed by atoms with van der Waals surface area (Å²) in [6.07, 6.45) is 0. The van der Waals surface area contributed by atoms with Gasteiger partial charge in [0.2, 0.25) is 0 Å². The molecule has 6 heteroatoms. The molecule has 0 amide bonds. The van der Waals surface area contributed by atoms with Crippen molar-refractivity contribution in [2.45, 2.75) is 31.3 Å². The van der Waals surface area contributed by atoms with Crippen LogP contribution in [0.1, 0.15) is 23.6 Å². The molecule has 0 unspecified atom stereocenters. The van der Waals surface area contributed by atoms with Crippen molar-refractivity contribution in [3.05, 3.63) is 65.0 Å². The van der Waals surface area contributed by atoms with E-state index in [1.807, 2.05) is 48.7 Å². The number of hydrogen-bond donors (Lipinski definition) is 0. The van der Waals surface area contributed by atoms with E-state index in [4.69, 9.17) is 5.26 Å². The summed E-state index contributed by atoms with van der Waals surface area (Å²) < 4.78 is 16.0. The molecule has 0 aliphatic carbocycles. The fourth-order valence-electron chi connectivity index (χ4n) is 2.60. The first-order valence-electron chi connectivity index (χ1n) is 7.94. The van der Waals surface area contributed by atoms with Gasteiger partial charge >= 0.3 is 0 Å². The minimum absolute atomic E-state index is 0.312. The molecule has 0 aliphatic heterocycles. The molecule has 0 atom stereocenters. The van der Waals surface area contributed by atoms with Crippen LogP contribution in [0.15, 0.2) is 47.6 Å². The van der Waals surface area contributed by atoms with Crippen LogP contribution in [0.5, 0.6) is 0 Å². The molecule has 0 N–H and O–H groups in total. The van der Waals surface area contributed by atoms with Gasteiger partial charge < -0.3 is 4.57 Å². The Hall–Kier alpha value is -2.65. The minimum atomic E-state index is -0.312. The third-order valence-electron chi connectivity index (χ3n) is 3.95. The van der Waals surface area contributed by atoms with Crippen LogP contribution in [-0.4, -0.2) is 14.8 Å². The zero-order chi connectivity index (χ0) is 17.8.